The molecule has 37 heteroatoms. The molecule has 1 aliphatic heterocycles. The number of hydrogen-bond acceptors (Lipinski definition) is 21. The number of fused-ring (bicyclic) bond motifs is 4. The van der Waals surface area contributed by atoms with Crippen molar-refractivity contribution in [2.45, 2.75) is 201 Å². The first kappa shape index (κ1) is 91.5. The van der Waals surface area contributed by atoms with Gasteiger partial charge in [-0.05, 0) is 109 Å². The van der Waals surface area contributed by atoms with Gasteiger partial charge in [-0.25, -0.2) is 9.97 Å². The zero-order valence-corrected chi connectivity index (χ0v) is 68.4. The van der Waals surface area contributed by atoms with Crippen molar-refractivity contribution in [2.75, 3.05) is 11.5 Å². The Morgan fingerprint density at radius 1 is 0.500 bits per heavy atom. The number of hydrogen-bond donors (Lipinski definition) is 20. The average Bonchev–Trinajstić information content (AvgIpc) is 1.65. The summed E-state index contributed by atoms with van der Waals surface area (Å²) in [5.41, 5.74) is 10.8. The molecule has 0 aliphatic carbocycles. The number of amides is 12. The summed E-state index contributed by atoms with van der Waals surface area (Å²) in [5, 5.41) is 83.4. The lowest BCUT2D eigenvalue weighted by atomic mass is 9.91. The number of aromatic hydroxyl groups is 2. The third-order valence-corrected chi connectivity index (χ3v) is 22.3. The zero-order chi connectivity index (χ0) is 86.7. The Labute approximate surface area is 699 Å². The molecule has 640 valence electrons. The minimum Gasteiger partial charge on any atom is -0.508 e. The van der Waals surface area contributed by atoms with Gasteiger partial charge in [0, 0.05) is 114 Å². The van der Waals surface area contributed by atoms with Crippen LogP contribution in [0.4, 0.5) is 0 Å². The van der Waals surface area contributed by atoms with E-state index in [1.807, 2.05) is 48.5 Å². The van der Waals surface area contributed by atoms with Gasteiger partial charge in [-0.3, -0.25) is 62.3 Å². The van der Waals surface area contributed by atoms with E-state index in [4.69, 9.17) is 5.73 Å². The van der Waals surface area contributed by atoms with Crippen molar-refractivity contribution >= 4 is 122 Å². The van der Waals surface area contributed by atoms with Crippen LogP contribution in [0, 0.1) is 0 Å². The van der Waals surface area contributed by atoms with Gasteiger partial charge in [-0.1, -0.05) is 100 Å². The summed E-state index contributed by atoms with van der Waals surface area (Å²) < 4.78 is 0. The van der Waals surface area contributed by atoms with Crippen LogP contribution in [0.15, 0.2) is 140 Å². The number of aliphatic hydroxyl groups is 2. The van der Waals surface area contributed by atoms with Gasteiger partial charge in [-0.15, -0.1) is 0 Å². The maximum atomic E-state index is 15.3. The molecular weight excluding hydrogens is 1590 g/mol. The topological polar surface area (TPSA) is 555 Å². The Bertz CT molecular complexity index is 4890. The number of rotatable bonds is 20. The molecule has 0 spiro atoms. The Morgan fingerprint density at radius 3 is 1.52 bits per heavy atom. The summed E-state index contributed by atoms with van der Waals surface area (Å²) in [6.07, 6.45) is 1.57. The van der Waals surface area contributed by atoms with Crippen molar-refractivity contribution in [3.05, 3.63) is 179 Å². The molecule has 0 saturated heterocycles. The number of thioether (sulfide) groups is 2. The number of phenols is 2. The van der Waals surface area contributed by atoms with E-state index in [2.05, 4.69) is 83.4 Å². The number of aromatic amines is 3. The van der Waals surface area contributed by atoms with Gasteiger partial charge < -0.3 is 105 Å². The smallest absolute Gasteiger partial charge is 0.303 e. The SMILES string of the molecule is CCC[C@@H]1NC(=O)[C@H](Cc2c[nH]c3ncccc23)NC(=O)[C@H]([C@@H](C)O)NC(=O)[C@H](Cc2cnc[nH]2)NC(=O)[C@H](Cc2ccc(O)cc2)NC(=O)[C@H]([C@@H](C)c2c[nH]c3ccccc23)NC(=O)CCSCc2cccc(c2)CSC[C@@H](C(N)=O)NC(=O)[C@H]([C@@H](C)O)NC(=O)[C@H](CCC)NC(=O)[C@H](Cc2ccc(O)cc2)NC(=O)[C@H](CCC(=O)O)NC1=O. The second-order valence-corrected chi connectivity index (χ2v) is 31.7. The number of aliphatic carboxylic acids is 1. The molecule has 0 saturated carbocycles. The lowest BCUT2D eigenvalue weighted by Crippen LogP contribution is -2.62. The normalized spacial score (nSPS) is 23.0. The van der Waals surface area contributed by atoms with E-state index in [0.29, 0.717) is 50.5 Å². The van der Waals surface area contributed by atoms with Crippen LogP contribution in [0.2, 0.25) is 0 Å². The van der Waals surface area contributed by atoms with E-state index in [1.54, 1.807) is 39.1 Å². The lowest BCUT2D eigenvalue weighted by molar-refractivity contribution is -0.139. The molecule has 0 unspecified atom stereocenters. The van der Waals surface area contributed by atoms with Crippen molar-refractivity contribution in [1.29, 1.82) is 0 Å². The van der Waals surface area contributed by atoms with E-state index in [1.165, 1.54) is 111 Å². The van der Waals surface area contributed by atoms with Gasteiger partial charge >= 0.3 is 5.97 Å². The predicted octanol–water partition coefficient (Wildman–Crippen LogP) is 1.87. The summed E-state index contributed by atoms with van der Waals surface area (Å²) in [4.78, 5) is 206. The standard InChI is InChI=1S/C83H103N17O18S2/c1-6-12-59-74(109)92-61(27-28-68(106)107)75(110)93-62(33-47-19-23-53(103)24-20-47)77(112)91-60(13-7-2)76(111)99-71(46(5)102)83(118)97-66(72(84)108)42-120-41-50-15-10-14-49(32-50)40-119-31-29-67(105)98-69(44(3)57-39-87-58-18-9-8-16-56(57)58)81(116)95-63(34-48-21-25-54(104)26-22-48)78(113)94-65(36-52-38-85-43-89-52)80(115)100-70(45(4)101)82(117)96-64(79(114)90-59)35-51-37-88-73-55(51)17-11-30-86-73/h8-11,14-26,30,32,37-39,43-46,59-66,69-71,87,101-104H,6-7,12-13,27-29,31,33-36,40-42H2,1-5H3,(H2,84,108)(H,85,89)(H,86,88)(H,90,114)(H,91,112)(H,92,109)(H,93,110)(H,94,113)(H,95,116)(H,96,117)(H,97,118)(H,98,105)(H,99,111)(H,100,115)(H,106,107)/t44-,45+,46+,59-,60-,61-,62-,63-,64-,65-,66-,69-,70-,71-/m0/s1. The molecule has 9 rings (SSSR count). The van der Waals surface area contributed by atoms with Crippen LogP contribution in [-0.2, 0) is 99.5 Å². The van der Waals surface area contributed by atoms with Crippen molar-refractivity contribution in [3.63, 3.8) is 0 Å². The molecule has 120 heavy (non-hydrogen) atoms. The highest BCUT2D eigenvalue weighted by Gasteiger charge is 2.40. The van der Waals surface area contributed by atoms with Crippen LogP contribution in [0.5, 0.6) is 11.5 Å². The first-order valence-electron chi connectivity index (χ1n) is 39.4. The van der Waals surface area contributed by atoms with E-state index < -0.39 is 174 Å². The number of para-hydroxylation sites is 1. The van der Waals surface area contributed by atoms with Crippen LogP contribution in [0.3, 0.4) is 0 Å². The number of carboxylic acid groups (broad SMARTS) is 1. The molecule has 2 bridgehead atoms. The number of benzene rings is 4. The summed E-state index contributed by atoms with van der Waals surface area (Å²) in [7, 11) is 0. The number of nitrogens with two attached hydrogens (primary N) is 1. The van der Waals surface area contributed by atoms with Crippen LogP contribution >= 0.6 is 23.5 Å². The van der Waals surface area contributed by atoms with Crippen LogP contribution < -0.4 is 64.2 Å². The maximum Gasteiger partial charge on any atom is 0.303 e. The number of nitrogens with one attached hydrogen (secondary N) is 14. The number of primary amides is 1. The number of aliphatic hydroxyl groups excluding tert-OH is 2. The van der Waals surface area contributed by atoms with Crippen LogP contribution in [0.25, 0.3) is 21.9 Å². The lowest BCUT2D eigenvalue weighted by Gasteiger charge is -2.29. The molecule has 14 atom stereocenters. The molecule has 0 radical (unpaired) electrons. The number of carboxylic acids is 1. The molecular formula is C83H103N17O18S2. The fourth-order valence-electron chi connectivity index (χ4n) is 13.7. The van der Waals surface area contributed by atoms with Gasteiger partial charge in [0.05, 0.1) is 18.5 Å². The van der Waals surface area contributed by atoms with Crippen LogP contribution in [-0.4, -0.2) is 217 Å². The highest BCUT2D eigenvalue weighted by atomic mass is 32.2. The molecule has 4 aromatic carbocycles. The Balaban J connectivity index is 1.06. The predicted molar refractivity (Wildman–Crippen MR) is 446 cm³/mol. The summed E-state index contributed by atoms with van der Waals surface area (Å²) >= 11 is 2.66. The Hall–Kier alpha value is -12.3. The van der Waals surface area contributed by atoms with Crippen LogP contribution in [0.1, 0.15) is 125 Å². The second-order valence-electron chi connectivity index (χ2n) is 29.6. The monoisotopic (exact) mass is 1690 g/mol. The average molecular weight is 1690 g/mol. The van der Waals surface area contributed by atoms with Gasteiger partial charge in [0.2, 0.25) is 70.9 Å². The van der Waals surface area contributed by atoms with Crippen molar-refractivity contribution in [1.82, 2.24) is 83.4 Å². The van der Waals surface area contributed by atoms with E-state index in [9.17, 15) is 63.9 Å². The number of carbonyl (C=O) groups is 13. The molecule has 1 aliphatic rings. The van der Waals surface area contributed by atoms with E-state index >= 15 is 24.0 Å². The minimum atomic E-state index is -1.92. The Kier molecular flexibility index (Phi) is 33.9. The number of phenolic OH excluding ortho intramolecular Hbond substituents is 2. The molecule has 0 fully saturated rings. The second kappa shape index (κ2) is 44.4. The molecule has 4 aromatic heterocycles. The quantitative estimate of drug-likeness (QED) is 0.0518. The number of pyridine rings is 1. The first-order valence-corrected chi connectivity index (χ1v) is 41.7. The fraction of sp³-hybridized carbons (Fsp3) is 0.410. The van der Waals surface area contributed by atoms with Gasteiger partial charge in [0.15, 0.2) is 0 Å². The maximum absolute atomic E-state index is 15.3. The number of H-pyrrole nitrogens is 3. The molecule has 12 amide bonds. The van der Waals surface area contributed by atoms with Gasteiger partial charge in [0.25, 0.3) is 0 Å². The number of imidazole rings is 1. The third-order valence-electron chi connectivity index (χ3n) is 20.2. The van der Waals surface area contributed by atoms with Crippen molar-refractivity contribution in [3.8, 4) is 11.5 Å². The molecule has 8 aromatic rings. The molecule has 35 nitrogen and oxygen atoms in total. The highest BCUT2D eigenvalue weighted by Crippen LogP contribution is 2.29. The molecule has 5 heterocycles. The minimum absolute atomic E-state index is 0.0656. The van der Waals surface area contributed by atoms with Gasteiger partial charge in [0.1, 0.15) is 83.6 Å². The number of carbonyl (C=O) groups excluding carboxylic acids is 12. The largest absolute Gasteiger partial charge is 0.508 e. The van der Waals surface area contributed by atoms with Crippen molar-refractivity contribution in [2.24, 2.45) is 5.73 Å². The summed E-state index contributed by atoms with van der Waals surface area (Å²) in [5.74, 6) is -13.1. The van der Waals surface area contributed by atoms with Gasteiger partial charge in [-0.2, -0.15) is 23.5 Å². The van der Waals surface area contributed by atoms with E-state index in [0.717, 1.165) is 22.0 Å². The van der Waals surface area contributed by atoms with E-state index in [-0.39, 0.29) is 80.8 Å². The zero-order valence-electron chi connectivity index (χ0n) is 66.8. The molecule has 21 N–H and O–H groups in total. The fourth-order valence-corrected chi connectivity index (χ4v) is 15.6. The number of nitrogens with zero attached hydrogens (tertiary/aromatic N) is 2. The summed E-state index contributed by atoms with van der Waals surface area (Å²) in [6.45, 7) is 7.47. The highest BCUT2D eigenvalue weighted by molar-refractivity contribution is 7.98. The number of aromatic nitrogens is 5. The Morgan fingerprint density at radius 2 is 0.983 bits per heavy atom. The summed E-state index contributed by atoms with van der Waals surface area (Å²) in [6, 6.07) is 11.7. The van der Waals surface area contributed by atoms with Crippen molar-refractivity contribution < 1.29 is 87.9 Å². The third kappa shape index (κ3) is 26.6. The first-order chi connectivity index (χ1) is 57.4.